The Labute approximate surface area is 143 Å². The van der Waals surface area contributed by atoms with Crippen LogP contribution in [0.5, 0.6) is 0 Å². The normalized spacial score (nSPS) is 10.7. The van der Waals surface area contributed by atoms with Crippen LogP contribution in [0.3, 0.4) is 0 Å². The molecule has 0 saturated heterocycles. The van der Waals surface area contributed by atoms with E-state index in [9.17, 15) is 14.0 Å². The highest BCUT2D eigenvalue weighted by Gasteiger charge is 2.12. The molecule has 2 amide bonds. The van der Waals surface area contributed by atoms with E-state index < -0.39 is 17.6 Å². The number of carbonyl (C=O) groups is 2. The van der Waals surface area contributed by atoms with E-state index in [0.717, 1.165) is 23.4 Å². The van der Waals surface area contributed by atoms with E-state index >= 15 is 0 Å². The SMILES string of the molecule is CCn1c(C)nc2cc(C(=O)NNC(=O)c3ccc(F)cc3)ccc21. The zero-order valence-corrected chi connectivity index (χ0v) is 13.8. The molecule has 0 radical (unpaired) electrons. The van der Waals surface area contributed by atoms with Crippen molar-refractivity contribution in [3.63, 3.8) is 0 Å². The van der Waals surface area contributed by atoms with Gasteiger partial charge in [0.1, 0.15) is 11.6 Å². The zero-order valence-electron chi connectivity index (χ0n) is 13.8. The molecule has 0 aliphatic rings. The summed E-state index contributed by atoms with van der Waals surface area (Å²) < 4.78 is 14.9. The second-order valence-electron chi connectivity index (χ2n) is 5.52. The number of hydrazine groups is 1. The van der Waals surface area contributed by atoms with Gasteiger partial charge in [0.05, 0.1) is 11.0 Å². The number of hydrogen-bond acceptors (Lipinski definition) is 3. The molecule has 7 heteroatoms. The van der Waals surface area contributed by atoms with Gasteiger partial charge in [-0.15, -0.1) is 0 Å². The monoisotopic (exact) mass is 340 g/mol. The number of fused-ring (bicyclic) bond motifs is 1. The first kappa shape index (κ1) is 16.6. The lowest BCUT2D eigenvalue weighted by atomic mass is 10.2. The summed E-state index contributed by atoms with van der Waals surface area (Å²) in [4.78, 5) is 28.6. The minimum absolute atomic E-state index is 0.245. The molecule has 128 valence electrons. The Balaban J connectivity index is 1.71. The van der Waals surface area contributed by atoms with Crippen molar-refractivity contribution in [2.45, 2.75) is 20.4 Å². The molecule has 0 bridgehead atoms. The molecule has 2 N–H and O–H groups in total. The number of amides is 2. The van der Waals surface area contributed by atoms with E-state index in [1.807, 2.05) is 24.5 Å². The molecule has 0 unspecified atom stereocenters. The van der Waals surface area contributed by atoms with Crippen LogP contribution < -0.4 is 10.9 Å². The summed E-state index contributed by atoms with van der Waals surface area (Å²) in [5, 5.41) is 0. The Morgan fingerprint density at radius 3 is 2.28 bits per heavy atom. The Bertz CT molecular complexity index is 948. The first-order chi connectivity index (χ1) is 12.0. The summed E-state index contributed by atoms with van der Waals surface area (Å²) in [6.07, 6.45) is 0. The molecule has 0 aliphatic heterocycles. The largest absolute Gasteiger partial charge is 0.329 e. The first-order valence-electron chi connectivity index (χ1n) is 7.82. The lowest BCUT2D eigenvalue weighted by molar-refractivity contribution is 0.0846. The molecular formula is C18H17FN4O2. The molecular weight excluding hydrogens is 323 g/mol. The summed E-state index contributed by atoms with van der Waals surface area (Å²) in [5.74, 6) is -0.544. The third-order valence-electron chi connectivity index (χ3n) is 3.91. The van der Waals surface area contributed by atoms with Gasteiger partial charge in [0.2, 0.25) is 0 Å². The van der Waals surface area contributed by atoms with Crippen molar-refractivity contribution in [3.05, 3.63) is 65.2 Å². The maximum absolute atomic E-state index is 12.9. The number of carbonyl (C=O) groups excluding carboxylic acids is 2. The maximum atomic E-state index is 12.9. The van der Waals surface area contributed by atoms with Gasteiger partial charge < -0.3 is 4.57 Å². The molecule has 3 aromatic rings. The van der Waals surface area contributed by atoms with Crippen LogP contribution in [0.15, 0.2) is 42.5 Å². The van der Waals surface area contributed by atoms with Crippen LogP contribution in [0.4, 0.5) is 4.39 Å². The van der Waals surface area contributed by atoms with Gasteiger partial charge in [-0.05, 0) is 56.3 Å². The predicted molar refractivity (Wildman–Crippen MR) is 91.5 cm³/mol. The van der Waals surface area contributed by atoms with Crippen LogP contribution in [0.25, 0.3) is 11.0 Å². The molecule has 1 heterocycles. The van der Waals surface area contributed by atoms with Crippen LogP contribution in [0, 0.1) is 12.7 Å². The number of halogens is 1. The number of nitrogens with zero attached hydrogens (tertiary/aromatic N) is 2. The van der Waals surface area contributed by atoms with Crippen molar-refractivity contribution in [2.24, 2.45) is 0 Å². The summed E-state index contributed by atoms with van der Waals surface area (Å²) in [7, 11) is 0. The molecule has 3 rings (SSSR count). The standard InChI is InChI=1S/C18H17FN4O2/c1-3-23-11(2)20-15-10-13(6-9-16(15)23)18(25)22-21-17(24)12-4-7-14(19)8-5-12/h4-10H,3H2,1-2H3,(H,21,24)(H,22,25). The van der Waals surface area contributed by atoms with Gasteiger partial charge in [0.25, 0.3) is 11.8 Å². The van der Waals surface area contributed by atoms with Crippen LogP contribution in [0.1, 0.15) is 33.5 Å². The molecule has 25 heavy (non-hydrogen) atoms. The number of imidazole rings is 1. The van der Waals surface area contributed by atoms with Gasteiger partial charge in [-0.25, -0.2) is 9.37 Å². The quantitative estimate of drug-likeness (QED) is 0.720. The van der Waals surface area contributed by atoms with Gasteiger partial charge in [0, 0.05) is 17.7 Å². The van der Waals surface area contributed by atoms with Crippen LogP contribution in [-0.2, 0) is 6.54 Å². The number of benzene rings is 2. The lowest BCUT2D eigenvalue weighted by Gasteiger charge is -2.08. The van der Waals surface area contributed by atoms with Crippen molar-refractivity contribution in [3.8, 4) is 0 Å². The fourth-order valence-corrected chi connectivity index (χ4v) is 2.65. The van der Waals surface area contributed by atoms with Crippen molar-refractivity contribution in [2.75, 3.05) is 0 Å². The topological polar surface area (TPSA) is 76.0 Å². The first-order valence-corrected chi connectivity index (χ1v) is 7.82. The van der Waals surface area contributed by atoms with Crippen LogP contribution >= 0.6 is 0 Å². The second kappa shape index (κ2) is 6.72. The molecule has 2 aromatic carbocycles. The van der Waals surface area contributed by atoms with Gasteiger partial charge in [-0.3, -0.25) is 20.4 Å². The molecule has 0 saturated carbocycles. The number of aromatic nitrogens is 2. The number of aryl methyl sites for hydroxylation is 2. The van der Waals surface area contributed by atoms with E-state index in [2.05, 4.69) is 15.8 Å². The third kappa shape index (κ3) is 3.35. The highest BCUT2D eigenvalue weighted by molar-refractivity contribution is 6.00. The highest BCUT2D eigenvalue weighted by atomic mass is 19.1. The van der Waals surface area contributed by atoms with Crippen LogP contribution in [0.2, 0.25) is 0 Å². The van der Waals surface area contributed by atoms with Gasteiger partial charge in [-0.2, -0.15) is 0 Å². The fraction of sp³-hybridized carbons (Fsp3) is 0.167. The van der Waals surface area contributed by atoms with E-state index in [-0.39, 0.29) is 5.56 Å². The van der Waals surface area contributed by atoms with E-state index in [0.29, 0.717) is 5.56 Å². The minimum Gasteiger partial charge on any atom is -0.329 e. The van der Waals surface area contributed by atoms with Crippen molar-refractivity contribution < 1.29 is 14.0 Å². The molecule has 0 spiro atoms. The predicted octanol–water partition coefficient (Wildman–Crippen LogP) is 2.58. The van der Waals surface area contributed by atoms with Crippen molar-refractivity contribution >= 4 is 22.8 Å². The summed E-state index contributed by atoms with van der Waals surface area (Å²) in [5.41, 5.74) is 6.95. The lowest BCUT2D eigenvalue weighted by Crippen LogP contribution is -2.41. The number of rotatable bonds is 3. The average molecular weight is 340 g/mol. The second-order valence-corrected chi connectivity index (χ2v) is 5.52. The van der Waals surface area contributed by atoms with E-state index in [1.54, 1.807) is 12.1 Å². The smallest absolute Gasteiger partial charge is 0.269 e. The van der Waals surface area contributed by atoms with Crippen molar-refractivity contribution in [1.29, 1.82) is 0 Å². The summed E-state index contributed by atoms with van der Waals surface area (Å²) in [6.45, 7) is 4.73. The van der Waals surface area contributed by atoms with E-state index in [1.165, 1.54) is 24.3 Å². The summed E-state index contributed by atoms with van der Waals surface area (Å²) >= 11 is 0. The maximum Gasteiger partial charge on any atom is 0.269 e. The number of nitrogens with one attached hydrogen (secondary N) is 2. The minimum atomic E-state index is -0.527. The van der Waals surface area contributed by atoms with Gasteiger partial charge in [-0.1, -0.05) is 0 Å². The number of hydrogen-bond donors (Lipinski definition) is 2. The van der Waals surface area contributed by atoms with Crippen molar-refractivity contribution in [1.82, 2.24) is 20.4 Å². The van der Waals surface area contributed by atoms with E-state index in [4.69, 9.17) is 0 Å². The molecule has 0 fully saturated rings. The summed E-state index contributed by atoms with van der Waals surface area (Å²) in [6, 6.07) is 10.2. The zero-order chi connectivity index (χ0) is 18.0. The fourth-order valence-electron chi connectivity index (χ4n) is 2.65. The third-order valence-corrected chi connectivity index (χ3v) is 3.91. The highest BCUT2D eigenvalue weighted by Crippen LogP contribution is 2.17. The molecule has 0 aliphatic carbocycles. The van der Waals surface area contributed by atoms with Gasteiger partial charge >= 0.3 is 0 Å². The van der Waals surface area contributed by atoms with Crippen LogP contribution in [-0.4, -0.2) is 21.4 Å². The molecule has 0 atom stereocenters. The Morgan fingerprint density at radius 2 is 1.64 bits per heavy atom. The average Bonchev–Trinajstić information content (AvgIpc) is 2.93. The molecule has 6 nitrogen and oxygen atoms in total. The van der Waals surface area contributed by atoms with Gasteiger partial charge in [0.15, 0.2) is 0 Å². The Morgan fingerprint density at radius 1 is 1.04 bits per heavy atom. The molecule has 1 aromatic heterocycles. The Kier molecular flexibility index (Phi) is 4.47. The Hall–Kier alpha value is -3.22.